The summed E-state index contributed by atoms with van der Waals surface area (Å²) in [5.41, 5.74) is 5.26. The average molecular weight is 223 g/mol. The highest BCUT2D eigenvalue weighted by atomic mass is 32.1. The third kappa shape index (κ3) is 0.973. The first-order valence-corrected chi connectivity index (χ1v) is 6.22. The maximum absolute atomic E-state index is 4.69. The van der Waals surface area contributed by atoms with Gasteiger partial charge in [0, 0.05) is 15.7 Å². The van der Waals surface area contributed by atoms with E-state index >= 15 is 0 Å². The van der Waals surface area contributed by atoms with Crippen molar-refractivity contribution < 1.29 is 0 Å². The van der Waals surface area contributed by atoms with Crippen molar-refractivity contribution in [2.45, 2.75) is 6.42 Å². The second kappa shape index (κ2) is 2.92. The number of benzene rings is 1. The molecule has 0 bridgehead atoms. The van der Waals surface area contributed by atoms with E-state index in [9.17, 15) is 0 Å². The van der Waals surface area contributed by atoms with Gasteiger partial charge in [0.05, 0.1) is 5.69 Å². The van der Waals surface area contributed by atoms with Gasteiger partial charge in [-0.1, -0.05) is 30.4 Å². The van der Waals surface area contributed by atoms with E-state index in [4.69, 9.17) is 4.99 Å². The lowest BCUT2D eigenvalue weighted by molar-refractivity contribution is 1.27. The van der Waals surface area contributed by atoms with Crippen molar-refractivity contribution in [3.8, 4) is 11.1 Å². The number of rotatable bonds is 0. The molecule has 4 rings (SSSR count). The molecular formula is C14H9NS. The van der Waals surface area contributed by atoms with Gasteiger partial charge in [0.2, 0.25) is 0 Å². The molecule has 1 aliphatic heterocycles. The van der Waals surface area contributed by atoms with Gasteiger partial charge in [-0.15, -0.1) is 11.3 Å². The normalized spacial score (nSPS) is 14.8. The Labute approximate surface area is 97.1 Å². The van der Waals surface area contributed by atoms with Gasteiger partial charge in [0.25, 0.3) is 0 Å². The van der Waals surface area contributed by atoms with Crippen molar-refractivity contribution in [2.75, 3.05) is 0 Å². The number of hydrogen-bond donors (Lipinski definition) is 0. The summed E-state index contributed by atoms with van der Waals surface area (Å²) in [5.74, 6) is 0. The highest BCUT2D eigenvalue weighted by molar-refractivity contribution is 7.08. The Morgan fingerprint density at radius 2 is 2.12 bits per heavy atom. The molecule has 0 saturated carbocycles. The Kier molecular flexibility index (Phi) is 1.55. The Bertz CT molecular complexity index is 735. The van der Waals surface area contributed by atoms with Crippen LogP contribution >= 0.6 is 11.3 Å². The van der Waals surface area contributed by atoms with Crippen LogP contribution in [0, 0.1) is 0 Å². The fraction of sp³-hybridized carbons (Fsp3) is 0.0714. The predicted molar refractivity (Wildman–Crippen MR) is 67.5 cm³/mol. The van der Waals surface area contributed by atoms with Crippen LogP contribution in [0.25, 0.3) is 17.2 Å². The number of fused-ring (bicyclic) bond motifs is 5. The van der Waals surface area contributed by atoms with Gasteiger partial charge in [-0.05, 0) is 24.1 Å². The van der Waals surface area contributed by atoms with Gasteiger partial charge in [-0.3, -0.25) is 0 Å². The lowest BCUT2D eigenvalue weighted by Gasteiger charge is -2.03. The van der Waals surface area contributed by atoms with E-state index in [0.717, 1.165) is 12.1 Å². The molecule has 0 radical (unpaired) electrons. The van der Waals surface area contributed by atoms with Crippen LogP contribution in [-0.2, 0) is 6.42 Å². The minimum absolute atomic E-state index is 1.04. The summed E-state index contributed by atoms with van der Waals surface area (Å²) < 4.78 is 2.57. The van der Waals surface area contributed by atoms with Crippen LogP contribution in [0.1, 0.15) is 5.56 Å². The first-order chi connectivity index (χ1) is 7.93. The van der Waals surface area contributed by atoms with Gasteiger partial charge in [0.15, 0.2) is 0 Å². The Hall–Kier alpha value is -1.67. The van der Waals surface area contributed by atoms with E-state index in [2.05, 4.69) is 42.5 Å². The van der Waals surface area contributed by atoms with Gasteiger partial charge in [-0.25, -0.2) is 4.99 Å². The molecule has 1 aromatic carbocycles. The maximum atomic E-state index is 4.69. The van der Waals surface area contributed by atoms with E-state index in [-0.39, 0.29) is 0 Å². The van der Waals surface area contributed by atoms with Crippen molar-refractivity contribution in [3.05, 3.63) is 51.2 Å². The van der Waals surface area contributed by atoms with Crippen LogP contribution < -0.4 is 9.20 Å². The van der Waals surface area contributed by atoms with E-state index in [1.807, 2.05) is 11.3 Å². The third-order valence-electron chi connectivity index (χ3n) is 3.12. The molecule has 76 valence electrons. The monoisotopic (exact) mass is 223 g/mol. The number of para-hydroxylation sites is 1. The third-order valence-corrected chi connectivity index (χ3v) is 4.21. The zero-order valence-electron chi connectivity index (χ0n) is 8.60. The first kappa shape index (κ1) is 8.48. The summed E-state index contributed by atoms with van der Waals surface area (Å²) in [6, 6.07) is 8.42. The van der Waals surface area contributed by atoms with Gasteiger partial charge >= 0.3 is 0 Å². The lowest BCUT2D eigenvalue weighted by atomic mass is 10.00. The Morgan fingerprint density at radius 1 is 1.19 bits per heavy atom. The van der Waals surface area contributed by atoms with Crippen molar-refractivity contribution in [2.24, 2.45) is 4.99 Å². The summed E-state index contributed by atoms with van der Waals surface area (Å²) in [6.07, 6.45) is 7.59. The van der Waals surface area contributed by atoms with Crippen LogP contribution in [0.4, 0.5) is 5.69 Å². The Balaban J connectivity index is 2.15. The van der Waals surface area contributed by atoms with Crippen LogP contribution in [0.5, 0.6) is 0 Å². The van der Waals surface area contributed by atoms with Gasteiger partial charge < -0.3 is 0 Å². The molecule has 0 fully saturated rings. The number of thiophene rings is 1. The predicted octanol–water partition coefficient (Wildman–Crippen LogP) is 2.57. The molecule has 0 atom stereocenters. The number of hydrogen-bond acceptors (Lipinski definition) is 2. The van der Waals surface area contributed by atoms with Crippen LogP contribution in [0.3, 0.4) is 0 Å². The molecule has 0 N–H and O–H groups in total. The quantitative estimate of drug-likeness (QED) is 0.555. The van der Waals surface area contributed by atoms with Gasteiger partial charge in [-0.2, -0.15) is 0 Å². The molecule has 2 aliphatic rings. The molecule has 1 aliphatic carbocycles. The molecular weight excluding hydrogens is 214 g/mol. The van der Waals surface area contributed by atoms with E-state index < -0.39 is 0 Å². The SMILES string of the molecule is C1=CCc2c3c(sc2=C1)=Nc1ccccc1-3. The van der Waals surface area contributed by atoms with E-state index in [1.165, 1.54) is 25.9 Å². The molecule has 2 heterocycles. The van der Waals surface area contributed by atoms with Crippen molar-refractivity contribution in [3.63, 3.8) is 0 Å². The molecule has 1 aromatic heterocycles. The van der Waals surface area contributed by atoms with Crippen molar-refractivity contribution in [1.29, 1.82) is 0 Å². The zero-order valence-corrected chi connectivity index (χ0v) is 9.42. The minimum Gasteiger partial charge on any atom is -0.237 e. The molecule has 0 saturated heterocycles. The van der Waals surface area contributed by atoms with Crippen LogP contribution in [0.2, 0.25) is 0 Å². The summed E-state index contributed by atoms with van der Waals surface area (Å²) in [4.78, 5) is 4.69. The fourth-order valence-electron chi connectivity index (χ4n) is 2.40. The largest absolute Gasteiger partial charge is 0.237 e. The molecule has 0 amide bonds. The summed E-state index contributed by atoms with van der Waals surface area (Å²) in [5, 5.41) is 0. The maximum Gasteiger partial charge on any atom is 0.125 e. The first-order valence-electron chi connectivity index (χ1n) is 5.40. The van der Waals surface area contributed by atoms with Crippen molar-refractivity contribution >= 4 is 23.1 Å². The van der Waals surface area contributed by atoms with E-state index in [1.54, 1.807) is 0 Å². The molecule has 16 heavy (non-hydrogen) atoms. The summed E-state index contributed by atoms with van der Waals surface area (Å²) >= 11 is 1.81. The zero-order chi connectivity index (χ0) is 10.5. The molecule has 2 heteroatoms. The average Bonchev–Trinajstić information content (AvgIpc) is 2.83. The van der Waals surface area contributed by atoms with Crippen LogP contribution in [-0.4, -0.2) is 0 Å². The second-order valence-electron chi connectivity index (χ2n) is 4.05. The highest BCUT2D eigenvalue weighted by Gasteiger charge is 2.20. The fourth-order valence-corrected chi connectivity index (χ4v) is 3.54. The lowest BCUT2D eigenvalue weighted by Crippen LogP contribution is -2.04. The number of allylic oxidation sites excluding steroid dienone is 2. The molecule has 0 spiro atoms. The minimum atomic E-state index is 1.04. The van der Waals surface area contributed by atoms with Crippen molar-refractivity contribution in [1.82, 2.24) is 0 Å². The summed E-state index contributed by atoms with van der Waals surface area (Å²) in [6.45, 7) is 0. The molecule has 2 aromatic rings. The topological polar surface area (TPSA) is 12.4 Å². The van der Waals surface area contributed by atoms with Crippen LogP contribution in [0.15, 0.2) is 41.4 Å². The molecule has 1 nitrogen and oxygen atoms in total. The number of nitrogens with zero attached hydrogens (tertiary/aromatic N) is 1. The summed E-state index contributed by atoms with van der Waals surface area (Å²) in [7, 11) is 0. The standard InChI is InChI=1S/C14H9NS/c1-3-7-11-9(5-1)13-10-6-2-4-8-12(10)16-14(13)15-11/h1-5,7-8H,6H2. The van der Waals surface area contributed by atoms with Gasteiger partial charge in [0.1, 0.15) is 4.67 Å². The van der Waals surface area contributed by atoms with E-state index in [0.29, 0.717) is 0 Å². The Morgan fingerprint density at radius 3 is 3.12 bits per heavy atom. The smallest absolute Gasteiger partial charge is 0.125 e. The molecule has 0 unspecified atom stereocenters. The second-order valence-corrected chi connectivity index (χ2v) is 5.08. The highest BCUT2D eigenvalue weighted by Crippen LogP contribution is 2.34.